The Hall–Kier alpha value is -2.51. The van der Waals surface area contributed by atoms with Crippen LogP contribution in [0.3, 0.4) is 0 Å². The zero-order valence-electron chi connectivity index (χ0n) is 16.9. The van der Waals surface area contributed by atoms with Crippen molar-refractivity contribution in [3.05, 3.63) is 54.4 Å². The number of rotatable bonds is 6. The molecule has 2 aliphatic rings. The quantitative estimate of drug-likeness (QED) is 0.799. The van der Waals surface area contributed by atoms with Crippen molar-refractivity contribution in [2.45, 2.75) is 25.4 Å². The molecule has 0 aliphatic carbocycles. The number of carbonyl (C=O) groups is 1. The number of likely N-dealkylation sites (tertiary alicyclic amines) is 1. The normalized spacial score (nSPS) is 19.2. The minimum atomic E-state index is 0.149. The SMILES string of the molecule is O=C(CN1CCN(c2ncccn2)CC1)NC1CCN(Cc2ccccc2)CC1. The first-order valence-electron chi connectivity index (χ1n) is 10.6. The number of aromatic nitrogens is 2. The molecule has 2 saturated heterocycles. The van der Waals surface area contributed by atoms with E-state index in [-0.39, 0.29) is 5.91 Å². The van der Waals surface area contributed by atoms with Gasteiger partial charge in [0.15, 0.2) is 0 Å². The third kappa shape index (κ3) is 5.74. The zero-order valence-corrected chi connectivity index (χ0v) is 16.9. The number of benzene rings is 1. The van der Waals surface area contributed by atoms with Gasteiger partial charge in [-0.3, -0.25) is 14.6 Å². The predicted octanol–water partition coefficient (Wildman–Crippen LogP) is 1.38. The van der Waals surface area contributed by atoms with Crippen LogP contribution in [0.15, 0.2) is 48.8 Å². The molecule has 29 heavy (non-hydrogen) atoms. The van der Waals surface area contributed by atoms with Gasteiger partial charge in [-0.2, -0.15) is 0 Å². The summed E-state index contributed by atoms with van der Waals surface area (Å²) in [7, 11) is 0. The van der Waals surface area contributed by atoms with Crippen LogP contribution < -0.4 is 10.2 Å². The number of piperidine rings is 1. The Morgan fingerprint density at radius 2 is 1.59 bits per heavy atom. The summed E-state index contributed by atoms with van der Waals surface area (Å²) in [4.78, 5) is 28.0. The molecule has 154 valence electrons. The van der Waals surface area contributed by atoms with Crippen molar-refractivity contribution in [3.8, 4) is 0 Å². The van der Waals surface area contributed by atoms with Crippen LogP contribution in [-0.4, -0.2) is 77.5 Å². The smallest absolute Gasteiger partial charge is 0.234 e. The molecule has 1 aromatic heterocycles. The van der Waals surface area contributed by atoms with Gasteiger partial charge in [-0.15, -0.1) is 0 Å². The monoisotopic (exact) mass is 394 g/mol. The molecule has 1 amide bonds. The van der Waals surface area contributed by atoms with Crippen molar-refractivity contribution in [2.75, 3.05) is 50.7 Å². The average Bonchev–Trinajstić information content (AvgIpc) is 2.77. The van der Waals surface area contributed by atoms with Gasteiger partial charge in [0, 0.05) is 64.2 Å². The van der Waals surface area contributed by atoms with Crippen LogP contribution >= 0.6 is 0 Å². The zero-order chi connectivity index (χ0) is 19.9. The minimum absolute atomic E-state index is 0.149. The molecule has 4 rings (SSSR count). The second-order valence-corrected chi connectivity index (χ2v) is 7.92. The van der Waals surface area contributed by atoms with E-state index < -0.39 is 0 Å². The summed E-state index contributed by atoms with van der Waals surface area (Å²) in [6.45, 7) is 6.99. The summed E-state index contributed by atoms with van der Waals surface area (Å²) < 4.78 is 0. The van der Waals surface area contributed by atoms with Crippen molar-refractivity contribution in [1.29, 1.82) is 0 Å². The van der Waals surface area contributed by atoms with Crippen LogP contribution in [0.2, 0.25) is 0 Å². The van der Waals surface area contributed by atoms with Gasteiger partial charge in [0.2, 0.25) is 11.9 Å². The number of hydrogen-bond donors (Lipinski definition) is 1. The van der Waals surface area contributed by atoms with Gasteiger partial charge in [0.25, 0.3) is 0 Å². The number of anilines is 1. The minimum Gasteiger partial charge on any atom is -0.352 e. The summed E-state index contributed by atoms with van der Waals surface area (Å²) in [6, 6.07) is 12.7. The fourth-order valence-corrected chi connectivity index (χ4v) is 4.11. The van der Waals surface area contributed by atoms with Crippen molar-refractivity contribution in [1.82, 2.24) is 25.1 Å². The van der Waals surface area contributed by atoms with E-state index in [2.05, 4.69) is 60.3 Å². The van der Waals surface area contributed by atoms with Gasteiger partial charge in [0.05, 0.1) is 6.54 Å². The Balaban J connectivity index is 1.15. The second-order valence-electron chi connectivity index (χ2n) is 7.92. The summed E-state index contributed by atoms with van der Waals surface area (Å²) in [5, 5.41) is 3.25. The van der Waals surface area contributed by atoms with Crippen LogP contribution in [0.1, 0.15) is 18.4 Å². The van der Waals surface area contributed by atoms with Crippen molar-refractivity contribution in [3.63, 3.8) is 0 Å². The molecule has 2 fully saturated rings. The van der Waals surface area contributed by atoms with Gasteiger partial charge in [-0.05, 0) is 24.5 Å². The Bertz CT molecular complexity index is 755. The van der Waals surface area contributed by atoms with Gasteiger partial charge < -0.3 is 10.2 Å². The Kier molecular flexibility index (Phi) is 6.69. The molecule has 0 unspecified atom stereocenters. The van der Waals surface area contributed by atoms with Crippen LogP contribution in [0.25, 0.3) is 0 Å². The number of nitrogens with one attached hydrogen (secondary N) is 1. The van der Waals surface area contributed by atoms with Crippen LogP contribution in [0.5, 0.6) is 0 Å². The van der Waals surface area contributed by atoms with Crippen LogP contribution in [0.4, 0.5) is 5.95 Å². The predicted molar refractivity (Wildman–Crippen MR) is 114 cm³/mol. The summed E-state index contributed by atoms with van der Waals surface area (Å²) in [5.74, 6) is 0.926. The van der Waals surface area contributed by atoms with Gasteiger partial charge in [0.1, 0.15) is 0 Å². The molecule has 2 aromatic rings. The third-order valence-corrected chi connectivity index (χ3v) is 5.78. The number of amides is 1. The number of nitrogens with zero attached hydrogens (tertiary/aromatic N) is 5. The number of carbonyl (C=O) groups excluding carboxylic acids is 1. The summed E-state index contributed by atoms with van der Waals surface area (Å²) in [6.07, 6.45) is 5.59. The molecule has 3 heterocycles. The lowest BCUT2D eigenvalue weighted by Gasteiger charge is -2.35. The standard InChI is InChI=1S/C22H30N6O/c29-21(18-27-13-15-28(16-14-27)22-23-9-4-10-24-22)25-20-7-11-26(12-8-20)17-19-5-2-1-3-6-19/h1-6,9-10,20H,7-8,11-18H2,(H,25,29). The maximum absolute atomic E-state index is 12.5. The largest absolute Gasteiger partial charge is 0.352 e. The lowest BCUT2D eigenvalue weighted by Crippen LogP contribution is -2.52. The molecule has 1 N–H and O–H groups in total. The van der Waals surface area contributed by atoms with Gasteiger partial charge in [-0.25, -0.2) is 9.97 Å². The number of piperazine rings is 1. The fourth-order valence-electron chi connectivity index (χ4n) is 4.11. The van der Waals surface area contributed by atoms with E-state index in [1.54, 1.807) is 12.4 Å². The molecule has 1 aromatic carbocycles. The summed E-state index contributed by atoms with van der Waals surface area (Å²) in [5.41, 5.74) is 1.36. The van der Waals surface area contributed by atoms with Gasteiger partial charge >= 0.3 is 0 Å². The van der Waals surface area contributed by atoms with E-state index in [4.69, 9.17) is 0 Å². The second kappa shape index (κ2) is 9.80. The molecular weight excluding hydrogens is 364 g/mol. The Morgan fingerprint density at radius 3 is 2.28 bits per heavy atom. The third-order valence-electron chi connectivity index (χ3n) is 5.78. The van der Waals surface area contributed by atoms with Gasteiger partial charge in [-0.1, -0.05) is 30.3 Å². The summed E-state index contributed by atoms with van der Waals surface area (Å²) >= 11 is 0. The molecule has 0 spiro atoms. The molecule has 0 bridgehead atoms. The van der Waals surface area contributed by atoms with Crippen molar-refractivity contribution >= 4 is 11.9 Å². The molecule has 0 saturated carbocycles. The average molecular weight is 395 g/mol. The first kappa shape index (κ1) is 19.8. The molecule has 0 radical (unpaired) electrons. The van der Waals surface area contributed by atoms with E-state index >= 15 is 0 Å². The molecule has 7 nitrogen and oxygen atoms in total. The maximum Gasteiger partial charge on any atom is 0.234 e. The maximum atomic E-state index is 12.5. The lowest BCUT2D eigenvalue weighted by atomic mass is 10.0. The molecule has 7 heteroatoms. The van der Waals surface area contributed by atoms with Crippen molar-refractivity contribution in [2.24, 2.45) is 0 Å². The van der Waals surface area contributed by atoms with Crippen molar-refractivity contribution < 1.29 is 4.79 Å². The van der Waals surface area contributed by atoms with E-state index in [0.29, 0.717) is 12.6 Å². The topological polar surface area (TPSA) is 64.6 Å². The molecule has 2 aliphatic heterocycles. The van der Waals surface area contributed by atoms with E-state index in [1.165, 1.54) is 5.56 Å². The van der Waals surface area contributed by atoms with E-state index in [9.17, 15) is 4.79 Å². The first-order chi connectivity index (χ1) is 14.3. The fraction of sp³-hybridized carbons (Fsp3) is 0.500. The molecule has 0 atom stereocenters. The highest BCUT2D eigenvalue weighted by Gasteiger charge is 2.23. The first-order valence-corrected chi connectivity index (χ1v) is 10.6. The Labute approximate surface area is 172 Å². The van der Waals surface area contributed by atoms with E-state index in [1.807, 2.05) is 6.07 Å². The van der Waals surface area contributed by atoms with E-state index in [0.717, 1.165) is 64.6 Å². The lowest BCUT2D eigenvalue weighted by molar-refractivity contribution is -0.123. The highest BCUT2D eigenvalue weighted by molar-refractivity contribution is 5.78. The van der Waals surface area contributed by atoms with Crippen LogP contribution in [0, 0.1) is 0 Å². The molecular formula is C22H30N6O. The highest BCUT2D eigenvalue weighted by Crippen LogP contribution is 2.14. The van der Waals surface area contributed by atoms with Crippen LogP contribution in [-0.2, 0) is 11.3 Å². The number of hydrogen-bond acceptors (Lipinski definition) is 6. The highest BCUT2D eigenvalue weighted by atomic mass is 16.2. The Morgan fingerprint density at radius 1 is 0.897 bits per heavy atom.